The SMILES string of the molecule is C/C=C/C[C@H](C/C(=C\COCc1ccccc1)[C@H](OCc1ccccc1)[C@H](O)C(C)(C)C(=O)OC(C)(C)C)O[Si](C(C)C)(C(C)C)C(C)C. The van der Waals surface area contributed by atoms with Crippen LogP contribution in [0.2, 0.25) is 16.6 Å². The van der Waals surface area contributed by atoms with Crippen molar-refractivity contribution < 1.29 is 28.5 Å². The van der Waals surface area contributed by atoms with Crippen molar-refractivity contribution in [2.75, 3.05) is 6.61 Å². The fourth-order valence-electron chi connectivity index (χ4n) is 6.72. The minimum atomic E-state index is -2.27. The van der Waals surface area contributed by atoms with Crippen LogP contribution in [-0.4, -0.2) is 49.9 Å². The normalized spacial score (nSPS) is 15.3. The van der Waals surface area contributed by atoms with Gasteiger partial charge in [-0.25, -0.2) is 0 Å². The van der Waals surface area contributed by atoms with E-state index in [0.717, 1.165) is 23.1 Å². The van der Waals surface area contributed by atoms with Gasteiger partial charge in [0.25, 0.3) is 0 Å². The number of benzene rings is 2. The number of aliphatic hydroxyl groups is 1. The summed E-state index contributed by atoms with van der Waals surface area (Å²) in [4.78, 5) is 13.6. The van der Waals surface area contributed by atoms with Crippen molar-refractivity contribution in [2.24, 2.45) is 5.41 Å². The van der Waals surface area contributed by atoms with Crippen LogP contribution in [0, 0.1) is 5.41 Å². The summed E-state index contributed by atoms with van der Waals surface area (Å²) in [5.74, 6) is -0.479. The van der Waals surface area contributed by atoms with E-state index in [1.54, 1.807) is 13.8 Å². The van der Waals surface area contributed by atoms with Crippen molar-refractivity contribution in [2.45, 2.75) is 150 Å². The molecule has 0 aliphatic carbocycles. The van der Waals surface area contributed by atoms with Crippen LogP contribution < -0.4 is 0 Å². The highest BCUT2D eigenvalue weighted by atomic mass is 28.4. The summed E-state index contributed by atoms with van der Waals surface area (Å²) in [6.45, 7) is 25.8. The maximum absolute atomic E-state index is 13.6. The van der Waals surface area contributed by atoms with E-state index in [1.807, 2.05) is 94.4 Å². The Morgan fingerprint density at radius 2 is 1.33 bits per heavy atom. The molecule has 0 amide bonds. The first kappa shape index (κ1) is 42.6. The molecule has 0 aliphatic heterocycles. The fraction of sp³-hybridized carbons (Fsp3) is 0.595. The second kappa shape index (κ2) is 19.7. The molecular weight excluding hydrogens is 629 g/mol. The van der Waals surface area contributed by atoms with E-state index in [1.165, 1.54) is 0 Å². The first-order valence-electron chi connectivity index (χ1n) is 18.1. The molecule has 0 unspecified atom stereocenters. The average Bonchev–Trinajstić information content (AvgIpc) is 3.03. The van der Waals surface area contributed by atoms with Crippen molar-refractivity contribution >= 4 is 14.3 Å². The number of aliphatic hydroxyl groups excluding tert-OH is 1. The molecule has 0 fully saturated rings. The zero-order valence-electron chi connectivity index (χ0n) is 32.5. The molecule has 2 aromatic carbocycles. The second-order valence-electron chi connectivity index (χ2n) is 15.7. The van der Waals surface area contributed by atoms with Crippen LogP contribution in [0.25, 0.3) is 0 Å². The smallest absolute Gasteiger partial charge is 0.314 e. The summed E-state index contributed by atoms with van der Waals surface area (Å²) < 4.78 is 26.1. The third-order valence-electron chi connectivity index (χ3n) is 9.34. The lowest BCUT2D eigenvalue weighted by Crippen LogP contribution is -2.51. The van der Waals surface area contributed by atoms with Gasteiger partial charge in [0.05, 0.1) is 37.4 Å². The second-order valence-corrected chi connectivity index (χ2v) is 21.1. The van der Waals surface area contributed by atoms with Crippen molar-refractivity contribution in [1.82, 2.24) is 0 Å². The number of hydrogen-bond donors (Lipinski definition) is 1. The minimum Gasteiger partial charge on any atom is -0.459 e. The Bertz CT molecular complexity index is 1270. The van der Waals surface area contributed by atoms with Crippen LogP contribution in [0.1, 0.15) is 107 Å². The van der Waals surface area contributed by atoms with Crippen LogP contribution in [0.15, 0.2) is 84.5 Å². The number of ether oxygens (including phenoxy) is 3. The van der Waals surface area contributed by atoms with Gasteiger partial charge in [-0.1, -0.05) is 120 Å². The molecule has 0 aliphatic rings. The zero-order valence-corrected chi connectivity index (χ0v) is 33.5. The topological polar surface area (TPSA) is 74.2 Å². The van der Waals surface area contributed by atoms with Crippen LogP contribution in [0.4, 0.5) is 0 Å². The molecule has 2 rings (SSSR count). The standard InChI is InChI=1S/C42H66O6Si/c1-13-14-25-37(48-49(31(2)3,32(4)5)33(6)7)28-36(26-27-45-29-34-21-17-15-18-22-34)38(46-30-35-23-19-16-20-24-35)39(43)42(11,12)40(44)47-41(8,9)10/h13-24,26,31-33,37-39,43H,25,27-30H2,1-12H3/b14-13+,36-26+/t37-,38+,39+/m1/s1. The van der Waals surface area contributed by atoms with E-state index in [2.05, 4.69) is 53.7 Å². The van der Waals surface area contributed by atoms with E-state index in [0.29, 0.717) is 36.3 Å². The van der Waals surface area contributed by atoms with E-state index in [9.17, 15) is 9.90 Å². The maximum Gasteiger partial charge on any atom is 0.314 e. The predicted molar refractivity (Wildman–Crippen MR) is 205 cm³/mol. The molecule has 0 saturated carbocycles. The van der Waals surface area contributed by atoms with Crippen molar-refractivity contribution in [3.8, 4) is 0 Å². The van der Waals surface area contributed by atoms with Crippen LogP contribution >= 0.6 is 0 Å². The van der Waals surface area contributed by atoms with Gasteiger partial charge in [0.15, 0.2) is 0 Å². The van der Waals surface area contributed by atoms with E-state index in [4.69, 9.17) is 18.6 Å². The molecule has 0 radical (unpaired) electrons. The number of rotatable bonds is 20. The summed E-state index contributed by atoms with van der Waals surface area (Å²) in [7, 11) is -2.27. The molecule has 0 bridgehead atoms. The molecule has 2 aromatic rings. The van der Waals surface area contributed by atoms with Gasteiger partial charge in [0, 0.05) is 0 Å². The molecule has 7 heteroatoms. The highest BCUT2D eigenvalue weighted by Gasteiger charge is 2.48. The lowest BCUT2D eigenvalue weighted by molar-refractivity contribution is -0.178. The molecule has 0 spiro atoms. The van der Waals surface area contributed by atoms with Crippen LogP contribution in [0.3, 0.4) is 0 Å². The molecule has 6 nitrogen and oxygen atoms in total. The molecule has 0 heterocycles. The van der Waals surface area contributed by atoms with Crippen molar-refractivity contribution in [1.29, 1.82) is 0 Å². The summed E-state index contributed by atoms with van der Waals surface area (Å²) >= 11 is 0. The Morgan fingerprint density at radius 3 is 1.80 bits per heavy atom. The van der Waals surface area contributed by atoms with Crippen molar-refractivity contribution in [3.05, 3.63) is 95.6 Å². The summed E-state index contributed by atoms with van der Waals surface area (Å²) in [6.07, 6.45) is 5.30. The Labute approximate surface area is 299 Å². The first-order valence-corrected chi connectivity index (χ1v) is 20.3. The first-order chi connectivity index (χ1) is 23.0. The molecule has 0 saturated heterocycles. The summed E-state index contributed by atoms with van der Waals surface area (Å²) in [5.41, 5.74) is 2.14. The van der Waals surface area contributed by atoms with E-state index in [-0.39, 0.29) is 12.7 Å². The number of hydrogen-bond acceptors (Lipinski definition) is 6. The van der Waals surface area contributed by atoms with Crippen molar-refractivity contribution in [3.63, 3.8) is 0 Å². The molecule has 3 atom stereocenters. The zero-order chi connectivity index (χ0) is 36.8. The Balaban J connectivity index is 2.65. The number of carbonyl (C=O) groups excluding carboxylic acids is 1. The van der Waals surface area contributed by atoms with Crippen LogP contribution in [0.5, 0.6) is 0 Å². The number of allylic oxidation sites excluding steroid dienone is 1. The van der Waals surface area contributed by atoms with Gasteiger partial charge < -0.3 is 23.7 Å². The maximum atomic E-state index is 13.6. The van der Waals surface area contributed by atoms with E-state index >= 15 is 0 Å². The monoisotopic (exact) mass is 694 g/mol. The number of esters is 1. The van der Waals surface area contributed by atoms with Gasteiger partial charge in [-0.2, -0.15) is 0 Å². The molecule has 0 aromatic heterocycles. The largest absolute Gasteiger partial charge is 0.459 e. The summed E-state index contributed by atoms with van der Waals surface area (Å²) in [5, 5.41) is 12.2. The molecule has 274 valence electrons. The highest BCUT2D eigenvalue weighted by Crippen LogP contribution is 2.44. The van der Waals surface area contributed by atoms with Gasteiger partial charge >= 0.3 is 5.97 Å². The highest BCUT2D eigenvalue weighted by molar-refractivity contribution is 6.77. The molecular formula is C42H66O6Si. The predicted octanol–water partition coefficient (Wildman–Crippen LogP) is 10.4. The van der Waals surface area contributed by atoms with Gasteiger partial charge in [-0.15, -0.1) is 0 Å². The fourth-order valence-corrected chi connectivity index (χ4v) is 12.3. The van der Waals surface area contributed by atoms with Gasteiger partial charge in [0.1, 0.15) is 11.7 Å². The third kappa shape index (κ3) is 12.9. The lowest BCUT2D eigenvalue weighted by atomic mass is 9.80. The van der Waals surface area contributed by atoms with Gasteiger partial charge in [-0.05, 0) is 87.7 Å². The molecule has 49 heavy (non-hydrogen) atoms. The average molecular weight is 695 g/mol. The third-order valence-corrected chi connectivity index (χ3v) is 15.5. The minimum absolute atomic E-state index is 0.157. The Hall–Kier alpha value is -2.55. The Kier molecular flexibility index (Phi) is 17.2. The number of carbonyl (C=O) groups is 1. The van der Waals surface area contributed by atoms with E-state index < -0.39 is 37.5 Å². The molecule has 1 N–H and O–H groups in total. The summed E-state index contributed by atoms with van der Waals surface area (Å²) in [6, 6.07) is 20.0. The van der Waals surface area contributed by atoms with Crippen LogP contribution in [-0.2, 0) is 36.6 Å². The Morgan fingerprint density at radius 1 is 0.816 bits per heavy atom. The van der Waals surface area contributed by atoms with Gasteiger partial charge in [-0.3, -0.25) is 4.79 Å². The van der Waals surface area contributed by atoms with Gasteiger partial charge in [0.2, 0.25) is 8.32 Å². The lowest BCUT2D eigenvalue weighted by Gasteiger charge is -2.45. The quantitative estimate of drug-likeness (QED) is 0.0644.